The maximum absolute atomic E-state index is 13.5. The van der Waals surface area contributed by atoms with Gasteiger partial charge < -0.3 is 15.2 Å². The van der Waals surface area contributed by atoms with Crippen LogP contribution in [0.25, 0.3) is 0 Å². The van der Waals surface area contributed by atoms with E-state index >= 15 is 0 Å². The van der Waals surface area contributed by atoms with E-state index in [0.29, 0.717) is 18.6 Å². The molecule has 4 rings (SSSR count). The highest BCUT2D eigenvalue weighted by Gasteiger charge is 2.51. The van der Waals surface area contributed by atoms with E-state index in [1.165, 1.54) is 0 Å². The number of aromatic nitrogens is 1. The summed E-state index contributed by atoms with van der Waals surface area (Å²) in [6.07, 6.45) is 0.627. The normalized spacial score (nSPS) is 15.1. The second-order valence-electron chi connectivity index (χ2n) is 7.60. The topological polar surface area (TPSA) is 105 Å². The molecule has 0 spiro atoms. The molecule has 3 aromatic rings. The smallest absolute Gasteiger partial charge is 0.325 e. The number of amides is 4. The first kappa shape index (κ1) is 20.3. The van der Waals surface area contributed by atoms with Gasteiger partial charge in [0.1, 0.15) is 17.8 Å². The molecule has 8 heteroatoms. The van der Waals surface area contributed by atoms with Crippen molar-refractivity contribution in [1.82, 2.24) is 15.4 Å². The van der Waals surface area contributed by atoms with E-state index in [9.17, 15) is 14.4 Å². The Morgan fingerprint density at radius 3 is 2.13 bits per heavy atom. The summed E-state index contributed by atoms with van der Waals surface area (Å²) >= 11 is 0. The molecule has 0 aliphatic carbocycles. The van der Waals surface area contributed by atoms with Gasteiger partial charge in [0, 0.05) is 18.9 Å². The number of hydrogen-bond donors (Lipinski definition) is 2. The first-order chi connectivity index (χ1) is 14.9. The van der Waals surface area contributed by atoms with Crippen LogP contribution in [0.4, 0.5) is 10.6 Å². The van der Waals surface area contributed by atoms with Crippen LogP contribution in [0.1, 0.15) is 16.9 Å². The van der Waals surface area contributed by atoms with Gasteiger partial charge in [-0.1, -0.05) is 65.8 Å². The largest absolute Gasteiger partial charge is 0.360 e. The molecule has 1 aromatic heterocycles. The number of carbonyl (C=O) groups is 3. The number of nitrogens with zero attached hydrogens (tertiary/aromatic N) is 2. The summed E-state index contributed by atoms with van der Waals surface area (Å²) in [5.74, 6) is -0.201. The lowest BCUT2D eigenvalue weighted by molar-refractivity contribution is -0.133. The van der Waals surface area contributed by atoms with Crippen molar-refractivity contribution in [3.05, 3.63) is 83.6 Å². The van der Waals surface area contributed by atoms with Gasteiger partial charge >= 0.3 is 6.03 Å². The Balaban J connectivity index is 1.57. The van der Waals surface area contributed by atoms with Crippen LogP contribution in [0.15, 0.2) is 71.3 Å². The third-order valence-electron chi connectivity index (χ3n) is 5.14. The molecule has 1 saturated heterocycles. The van der Waals surface area contributed by atoms with Gasteiger partial charge in [0.05, 0.1) is 0 Å². The zero-order valence-corrected chi connectivity index (χ0v) is 17.0. The average molecular weight is 418 g/mol. The molecule has 2 heterocycles. The zero-order chi connectivity index (χ0) is 21.8. The second-order valence-corrected chi connectivity index (χ2v) is 7.60. The van der Waals surface area contributed by atoms with E-state index in [1.807, 2.05) is 60.7 Å². The molecule has 1 fully saturated rings. The molecule has 0 bridgehead atoms. The van der Waals surface area contributed by atoms with E-state index in [4.69, 9.17) is 4.52 Å². The van der Waals surface area contributed by atoms with Crippen LogP contribution in [-0.4, -0.2) is 40.0 Å². The highest BCUT2D eigenvalue weighted by molar-refractivity contribution is 6.10. The molecule has 1 aliphatic rings. The van der Waals surface area contributed by atoms with E-state index in [0.717, 1.165) is 16.0 Å². The summed E-state index contributed by atoms with van der Waals surface area (Å²) in [6.45, 7) is 1.28. The molecule has 0 atom stereocenters. The third-order valence-corrected chi connectivity index (χ3v) is 5.14. The Hall–Kier alpha value is -3.94. The van der Waals surface area contributed by atoms with Crippen molar-refractivity contribution >= 4 is 23.7 Å². The number of rotatable bonds is 7. The van der Waals surface area contributed by atoms with Crippen LogP contribution in [0.5, 0.6) is 0 Å². The van der Waals surface area contributed by atoms with E-state index in [2.05, 4.69) is 15.8 Å². The molecule has 158 valence electrons. The first-order valence-corrected chi connectivity index (χ1v) is 9.90. The number of urea groups is 1. The summed E-state index contributed by atoms with van der Waals surface area (Å²) in [5, 5.41) is 9.10. The van der Waals surface area contributed by atoms with Gasteiger partial charge in [-0.2, -0.15) is 0 Å². The SMILES string of the molecule is Cc1cc(NC(=O)CN2C(=O)NC(Cc3ccccc3)(Cc3ccccc3)C2=O)no1. The average Bonchev–Trinajstić information content (AvgIpc) is 3.25. The van der Waals surface area contributed by atoms with Gasteiger partial charge in [-0.3, -0.25) is 14.5 Å². The fourth-order valence-corrected chi connectivity index (χ4v) is 3.76. The maximum Gasteiger partial charge on any atom is 0.325 e. The summed E-state index contributed by atoms with van der Waals surface area (Å²) in [6, 6.07) is 19.9. The Morgan fingerprint density at radius 2 is 1.61 bits per heavy atom. The zero-order valence-electron chi connectivity index (χ0n) is 17.0. The molecule has 0 saturated carbocycles. The van der Waals surface area contributed by atoms with Gasteiger partial charge in [0.25, 0.3) is 5.91 Å². The molecular weight excluding hydrogens is 396 g/mol. The third kappa shape index (κ3) is 4.48. The molecule has 0 radical (unpaired) electrons. The summed E-state index contributed by atoms with van der Waals surface area (Å²) in [5.41, 5.74) is 0.651. The monoisotopic (exact) mass is 418 g/mol. The molecule has 1 aliphatic heterocycles. The quantitative estimate of drug-likeness (QED) is 0.574. The fraction of sp³-hybridized carbons (Fsp3) is 0.217. The van der Waals surface area contributed by atoms with E-state index in [1.54, 1.807) is 13.0 Å². The van der Waals surface area contributed by atoms with Crippen molar-refractivity contribution < 1.29 is 18.9 Å². The van der Waals surface area contributed by atoms with Gasteiger partial charge in [0.15, 0.2) is 5.82 Å². The minimum atomic E-state index is -1.18. The Labute approximate surface area is 179 Å². The number of aryl methyl sites for hydroxylation is 1. The van der Waals surface area contributed by atoms with Crippen LogP contribution in [0.2, 0.25) is 0 Å². The Kier molecular flexibility index (Phi) is 5.53. The Bertz CT molecular complexity index is 1050. The number of carbonyl (C=O) groups excluding carboxylic acids is 3. The van der Waals surface area contributed by atoms with Crippen LogP contribution in [0.3, 0.4) is 0 Å². The predicted octanol–water partition coefficient (Wildman–Crippen LogP) is 2.70. The van der Waals surface area contributed by atoms with Gasteiger partial charge in [-0.05, 0) is 18.1 Å². The molecule has 4 amide bonds. The van der Waals surface area contributed by atoms with Crippen molar-refractivity contribution in [3.63, 3.8) is 0 Å². The Morgan fingerprint density at radius 1 is 1.03 bits per heavy atom. The number of imide groups is 1. The van der Waals surface area contributed by atoms with Crippen LogP contribution in [0, 0.1) is 6.92 Å². The van der Waals surface area contributed by atoms with Crippen LogP contribution in [-0.2, 0) is 22.4 Å². The van der Waals surface area contributed by atoms with Crippen molar-refractivity contribution in [1.29, 1.82) is 0 Å². The van der Waals surface area contributed by atoms with Crippen LogP contribution < -0.4 is 10.6 Å². The maximum atomic E-state index is 13.5. The molecule has 8 nitrogen and oxygen atoms in total. The van der Waals surface area contributed by atoms with E-state index < -0.39 is 29.9 Å². The van der Waals surface area contributed by atoms with Gasteiger partial charge in [-0.15, -0.1) is 0 Å². The van der Waals surface area contributed by atoms with E-state index in [-0.39, 0.29) is 5.82 Å². The van der Waals surface area contributed by atoms with Gasteiger partial charge in [-0.25, -0.2) is 4.79 Å². The number of anilines is 1. The van der Waals surface area contributed by atoms with Gasteiger partial charge in [0.2, 0.25) is 5.91 Å². The highest BCUT2D eigenvalue weighted by atomic mass is 16.5. The summed E-state index contributed by atoms with van der Waals surface area (Å²) in [7, 11) is 0. The highest BCUT2D eigenvalue weighted by Crippen LogP contribution is 2.27. The predicted molar refractivity (Wildman–Crippen MR) is 113 cm³/mol. The standard InChI is InChI=1S/C23H22N4O4/c1-16-12-19(26-31-16)24-20(28)15-27-21(29)23(25-22(27)30,13-17-8-4-2-5-9-17)14-18-10-6-3-7-11-18/h2-12H,13-15H2,1H3,(H,25,30)(H,24,26,28). The molecular formula is C23H22N4O4. The lowest BCUT2D eigenvalue weighted by Gasteiger charge is -2.27. The van der Waals surface area contributed by atoms with Crippen molar-refractivity contribution in [2.24, 2.45) is 0 Å². The molecule has 2 aromatic carbocycles. The van der Waals surface area contributed by atoms with Crippen molar-refractivity contribution in [2.45, 2.75) is 25.3 Å². The first-order valence-electron chi connectivity index (χ1n) is 9.90. The molecule has 31 heavy (non-hydrogen) atoms. The lowest BCUT2D eigenvalue weighted by atomic mass is 9.84. The second kappa shape index (κ2) is 8.43. The molecule has 2 N–H and O–H groups in total. The number of benzene rings is 2. The van der Waals surface area contributed by atoms with Crippen LogP contribution >= 0.6 is 0 Å². The lowest BCUT2D eigenvalue weighted by Crippen LogP contribution is -2.51. The summed E-state index contributed by atoms with van der Waals surface area (Å²) in [4.78, 5) is 39.6. The minimum absolute atomic E-state index is 0.231. The fourth-order valence-electron chi connectivity index (χ4n) is 3.76. The van der Waals surface area contributed by atoms with Crippen molar-refractivity contribution in [3.8, 4) is 0 Å². The number of nitrogens with one attached hydrogen (secondary N) is 2. The number of hydrogen-bond acceptors (Lipinski definition) is 5. The minimum Gasteiger partial charge on any atom is -0.360 e. The van der Waals surface area contributed by atoms with Crippen molar-refractivity contribution in [2.75, 3.05) is 11.9 Å². The molecule has 0 unspecified atom stereocenters. The summed E-state index contributed by atoms with van der Waals surface area (Å²) < 4.78 is 4.92.